The molecule has 20 heavy (non-hydrogen) atoms. The normalized spacial score (nSPS) is 28.9. The molecule has 0 heterocycles. The quantitative estimate of drug-likeness (QED) is 0.871. The fraction of sp³-hybridized carbons (Fsp3) is 0.368. The molecule has 0 saturated carbocycles. The molecule has 2 aromatic rings. The maximum Gasteiger partial charge on any atom is 0.0217 e. The summed E-state index contributed by atoms with van der Waals surface area (Å²) < 4.78 is 0. The molecule has 1 heteroatoms. The first-order valence-electron chi connectivity index (χ1n) is 7.49. The molecule has 1 nitrogen and oxygen atoms in total. The van der Waals surface area contributed by atoms with Crippen molar-refractivity contribution < 1.29 is 0 Å². The van der Waals surface area contributed by atoms with Gasteiger partial charge in [0.1, 0.15) is 0 Å². The summed E-state index contributed by atoms with van der Waals surface area (Å²) in [4.78, 5) is 0. The van der Waals surface area contributed by atoms with Crippen LogP contribution in [0.3, 0.4) is 0 Å². The Labute approximate surface area is 122 Å². The summed E-state index contributed by atoms with van der Waals surface area (Å²) >= 11 is 0. The Morgan fingerprint density at radius 3 is 2.35 bits per heavy atom. The minimum Gasteiger partial charge on any atom is -0.316 e. The summed E-state index contributed by atoms with van der Waals surface area (Å²) in [7, 11) is 2.08. The SMILES string of the molecule is CNC1Cc2ccccc2C(C)(c2ccccc2)C1C. The second-order valence-corrected chi connectivity index (χ2v) is 6.11. The van der Waals surface area contributed by atoms with E-state index in [9.17, 15) is 0 Å². The van der Waals surface area contributed by atoms with Gasteiger partial charge in [-0.1, -0.05) is 68.4 Å². The van der Waals surface area contributed by atoms with Gasteiger partial charge in [0.15, 0.2) is 0 Å². The van der Waals surface area contributed by atoms with Crippen molar-refractivity contribution in [1.29, 1.82) is 0 Å². The molecule has 104 valence electrons. The van der Waals surface area contributed by atoms with Crippen LogP contribution in [0.2, 0.25) is 0 Å². The van der Waals surface area contributed by atoms with Gasteiger partial charge in [-0.3, -0.25) is 0 Å². The lowest BCUT2D eigenvalue weighted by Crippen LogP contribution is -2.49. The zero-order valence-corrected chi connectivity index (χ0v) is 12.6. The highest BCUT2D eigenvalue weighted by molar-refractivity contribution is 5.46. The average Bonchev–Trinajstić information content (AvgIpc) is 2.51. The topological polar surface area (TPSA) is 12.0 Å². The monoisotopic (exact) mass is 265 g/mol. The van der Waals surface area contributed by atoms with Crippen molar-refractivity contribution in [3.05, 3.63) is 71.3 Å². The second kappa shape index (κ2) is 5.06. The van der Waals surface area contributed by atoms with E-state index in [1.54, 1.807) is 0 Å². The van der Waals surface area contributed by atoms with Crippen LogP contribution in [-0.2, 0) is 11.8 Å². The number of hydrogen-bond acceptors (Lipinski definition) is 1. The van der Waals surface area contributed by atoms with Crippen molar-refractivity contribution in [2.75, 3.05) is 7.05 Å². The van der Waals surface area contributed by atoms with Gasteiger partial charge in [0, 0.05) is 11.5 Å². The van der Waals surface area contributed by atoms with Crippen LogP contribution in [0, 0.1) is 5.92 Å². The van der Waals surface area contributed by atoms with Crippen LogP contribution in [0.4, 0.5) is 0 Å². The van der Waals surface area contributed by atoms with Gasteiger partial charge in [-0.2, -0.15) is 0 Å². The van der Waals surface area contributed by atoms with E-state index < -0.39 is 0 Å². The molecule has 0 amide bonds. The highest BCUT2D eigenvalue weighted by atomic mass is 14.9. The smallest absolute Gasteiger partial charge is 0.0217 e. The zero-order valence-electron chi connectivity index (χ0n) is 12.6. The summed E-state index contributed by atoms with van der Waals surface area (Å²) in [6, 6.07) is 20.4. The van der Waals surface area contributed by atoms with Crippen molar-refractivity contribution in [3.63, 3.8) is 0 Å². The number of benzene rings is 2. The largest absolute Gasteiger partial charge is 0.316 e. The molecule has 1 aliphatic carbocycles. The van der Waals surface area contributed by atoms with E-state index in [0.717, 1.165) is 6.42 Å². The Kier molecular flexibility index (Phi) is 3.39. The van der Waals surface area contributed by atoms with Crippen LogP contribution in [0.1, 0.15) is 30.5 Å². The van der Waals surface area contributed by atoms with Crippen molar-refractivity contribution in [2.24, 2.45) is 5.92 Å². The molecule has 0 fully saturated rings. The summed E-state index contributed by atoms with van der Waals surface area (Å²) in [5, 5.41) is 3.52. The van der Waals surface area contributed by atoms with Crippen LogP contribution in [0.5, 0.6) is 0 Å². The standard InChI is InChI=1S/C19H23N/c1-14-18(20-3)13-15-9-7-8-12-17(15)19(14,2)16-10-5-4-6-11-16/h4-12,14,18,20H,13H2,1-3H3. The molecule has 0 saturated heterocycles. The summed E-state index contributed by atoms with van der Waals surface area (Å²) in [6.07, 6.45) is 1.12. The van der Waals surface area contributed by atoms with Crippen molar-refractivity contribution >= 4 is 0 Å². The third-order valence-electron chi connectivity index (χ3n) is 5.28. The van der Waals surface area contributed by atoms with Crippen molar-refractivity contribution in [2.45, 2.75) is 31.7 Å². The first kappa shape index (κ1) is 13.4. The predicted octanol–water partition coefficient (Wildman–Crippen LogP) is 3.77. The first-order valence-corrected chi connectivity index (χ1v) is 7.49. The molecule has 3 rings (SSSR count). The van der Waals surface area contributed by atoms with E-state index in [1.165, 1.54) is 16.7 Å². The molecular formula is C19H23N. The van der Waals surface area contributed by atoms with Crippen LogP contribution in [0.25, 0.3) is 0 Å². The molecular weight excluding hydrogens is 242 g/mol. The Hall–Kier alpha value is -1.60. The highest BCUT2D eigenvalue weighted by Crippen LogP contribution is 2.45. The molecule has 1 N–H and O–H groups in total. The van der Waals surface area contributed by atoms with Gasteiger partial charge < -0.3 is 5.32 Å². The van der Waals surface area contributed by atoms with Crippen LogP contribution in [-0.4, -0.2) is 13.1 Å². The third-order valence-corrected chi connectivity index (χ3v) is 5.28. The highest BCUT2D eigenvalue weighted by Gasteiger charge is 2.43. The molecule has 0 radical (unpaired) electrons. The van der Waals surface area contributed by atoms with Gasteiger partial charge in [-0.25, -0.2) is 0 Å². The summed E-state index contributed by atoms with van der Waals surface area (Å²) in [5.41, 5.74) is 4.46. The van der Waals surface area contributed by atoms with Gasteiger partial charge in [0.05, 0.1) is 0 Å². The fourth-order valence-corrected chi connectivity index (χ4v) is 3.82. The zero-order chi connectivity index (χ0) is 14.2. The molecule has 0 bridgehead atoms. The lowest BCUT2D eigenvalue weighted by molar-refractivity contribution is 0.260. The number of fused-ring (bicyclic) bond motifs is 1. The molecule has 1 aliphatic rings. The van der Waals surface area contributed by atoms with Gasteiger partial charge in [0.2, 0.25) is 0 Å². The average molecular weight is 265 g/mol. The number of likely N-dealkylation sites (N-methyl/N-ethyl adjacent to an activating group) is 1. The van der Waals surface area contributed by atoms with E-state index >= 15 is 0 Å². The Balaban J connectivity index is 2.21. The maximum atomic E-state index is 3.52. The van der Waals surface area contributed by atoms with E-state index in [1.807, 2.05) is 0 Å². The fourth-order valence-electron chi connectivity index (χ4n) is 3.82. The molecule has 0 aliphatic heterocycles. The van der Waals surface area contributed by atoms with Gasteiger partial charge in [0.25, 0.3) is 0 Å². The molecule has 2 aromatic carbocycles. The van der Waals surface area contributed by atoms with Crippen LogP contribution >= 0.6 is 0 Å². The van der Waals surface area contributed by atoms with Crippen LogP contribution < -0.4 is 5.32 Å². The Morgan fingerprint density at radius 2 is 1.65 bits per heavy atom. The van der Waals surface area contributed by atoms with Gasteiger partial charge >= 0.3 is 0 Å². The van der Waals surface area contributed by atoms with E-state index in [-0.39, 0.29) is 5.41 Å². The van der Waals surface area contributed by atoms with E-state index in [0.29, 0.717) is 12.0 Å². The number of rotatable bonds is 2. The lowest BCUT2D eigenvalue weighted by atomic mass is 9.60. The third kappa shape index (κ3) is 1.89. The van der Waals surface area contributed by atoms with E-state index in [4.69, 9.17) is 0 Å². The van der Waals surface area contributed by atoms with Crippen molar-refractivity contribution in [1.82, 2.24) is 5.32 Å². The number of nitrogens with one attached hydrogen (secondary N) is 1. The van der Waals surface area contributed by atoms with Gasteiger partial charge in [-0.05, 0) is 36.1 Å². The Morgan fingerprint density at radius 1 is 1.00 bits per heavy atom. The summed E-state index contributed by atoms with van der Waals surface area (Å²) in [5.74, 6) is 0.560. The molecule has 0 aromatic heterocycles. The minimum absolute atomic E-state index is 0.0732. The Bertz CT molecular complexity index is 590. The molecule has 3 atom stereocenters. The van der Waals surface area contributed by atoms with Crippen molar-refractivity contribution in [3.8, 4) is 0 Å². The van der Waals surface area contributed by atoms with E-state index in [2.05, 4.69) is 80.8 Å². The lowest BCUT2D eigenvalue weighted by Gasteiger charge is -2.46. The molecule has 3 unspecified atom stereocenters. The number of hydrogen-bond donors (Lipinski definition) is 1. The van der Waals surface area contributed by atoms with Crippen LogP contribution in [0.15, 0.2) is 54.6 Å². The second-order valence-electron chi connectivity index (χ2n) is 6.11. The summed E-state index contributed by atoms with van der Waals surface area (Å²) in [6.45, 7) is 4.78. The predicted molar refractivity (Wildman–Crippen MR) is 85.1 cm³/mol. The first-order chi connectivity index (χ1) is 9.67. The maximum absolute atomic E-state index is 3.52. The van der Waals surface area contributed by atoms with Gasteiger partial charge in [-0.15, -0.1) is 0 Å². The minimum atomic E-state index is 0.0732. The molecule has 0 spiro atoms.